The van der Waals surface area contributed by atoms with Crippen molar-refractivity contribution in [3.05, 3.63) is 46.0 Å². The van der Waals surface area contributed by atoms with Gasteiger partial charge in [-0.1, -0.05) is 24.3 Å². The molecule has 4 nitrogen and oxygen atoms in total. The second kappa shape index (κ2) is 3.55. The minimum atomic E-state index is -0.809. The van der Waals surface area contributed by atoms with Gasteiger partial charge in [-0.25, -0.2) is 0 Å². The lowest BCUT2D eigenvalue weighted by molar-refractivity contribution is -0.763. The molecule has 0 amide bonds. The van der Waals surface area contributed by atoms with E-state index in [0.29, 0.717) is 0 Å². The molecule has 1 radical (unpaired) electrons. The van der Waals surface area contributed by atoms with Crippen LogP contribution >= 0.6 is 0 Å². The largest absolute Gasteiger partial charge is 0.309 e. The van der Waals surface area contributed by atoms with E-state index in [1.165, 1.54) is 0 Å². The molecule has 0 saturated carbocycles. The minimum absolute atomic E-state index is 0.00167. The molecule has 0 spiro atoms. The van der Waals surface area contributed by atoms with E-state index in [4.69, 9.17) is 0 Å². The summed E-state index contributed by atoms with van der Waals surface area (Å²) in [6.45, 7) is 0.00167. The van der Waals surface area contributed by atoms with Crippen LogP contribution in [0.25, 0.3) is 0 Å². The van der Waals surface area contributed by atoms with Gasteiger partial charge in [-0.05, 0) is 11.6 Å². The molecule has 0 aliphatic carbocycles. The first kappa shape index (κ1) is 7.53. The van der Waals surface area contributed by atoms with Gasteiger partial charge in [0.05, 0.1) is 0 Å². The number of benzene rings is 1. The predicted octanol–water partition coefficient (Wildman–Crippen LogP) is 1.20. The molecule has 0 fully saturated rings. The van der Waals surface area contributed by atoms with Crippen molar-refractivity contribution in [3.8, 4) is 0 Å². The highest BCUT2D eigenvalue weighted by Crippen LogP contribution is 1.99. The summed E-state index contributed by atoms with van der Waals surface area (Å²) >= 11 is 0. The highest BCUT2D eigenvalue weighted by Gasteiger charge is 1.94. The molecule has 1 aromatic carbocycles. The zero-order valence-electron chi connectivity index (χ0n) is 5.69. The molecule has 0 aliphatic heterocycles. The molecule has 57 valence electrons. The predicted molar refractivity (Wildman–Crippen MR) is 37.1 cm³/mol. The average Bonchev–Trinajstić information content (AvgIpc) is 2.03. The smallest absolute Gasteiger partial charge is 0.294 e. The van der Waals surface area contributed by atoms with Crippen LogP contribution in [0.2, 0.25) is 0 Å². The maximum absolute atomic E-state index is 9.75. The van der Waals surface area contributed by atoms with Gasteiger partial charge in [0.25, 0.3) is 5.09 Å². The Morgan fingerprint density at radius 2 is 2.18 bits per heavy atom. The van der Waals surface area contributed by atoms with Crippen molar-refractivity contribution >= 4 is 0 Å². The first-order valence-electron chi connectivity index (χ1n) is 3.01. The van der Waals surface area contributed by atoms with Crippen LogP contribution in [0.15, 0.2) is 24.3 Å². The summed E-state index contributed by atoms with van der Waals surface area (Å²) < 4.78 is 0. The van der Waals surface area contributed by atoms with Crippen molar-refractivity contribution in [1.82, 2.24) is 0 Å². The third kappa shape index (κ3) is 2.66. The highest BCUT2D eigenvalue weighted by molar-refractivity contribution is 5.12. The summed E-state index contributed by atoms with van der Waals surface area (Å²) in [6, 6.07) is 9.58. The zero-order chi connectivity index (χ0) is 8.10. The van der Waals surface area contributed by atoms with Crippen LogP contribution < -0.4 is 0 Å². The molecule has 0 saturated heterocycles. The van der Waals surface area contributed by atoms with Crippen LogP contribution in [0.5, 0.6) is 0 Å². The molecular formula is C7H6NO3. The average molecular weight is 152 g/mol. The number of hydrogen-bond acceptors (Lipinski definition) is 3. The van der Waals surface area contributed by atoms with Crippen molar-refractivity contribution < 1.29 is 9.92 Å². The molecule has 0 unspecified atom stereocenters. The molecular weight excluding hydrogens is 146 g/mol. The van der Waals surface area contributed by atoms with Crippen LogP contribution in [0.3, 0.4) is 0 Å². The molecule has 0 bridgehead atoms. The van der Waals surface area contributed by atoms with Crippen molar-refractivity contribution in [2.24, 2.45) is 0 Å². The molecule has 0 aromatic heterocycles. The number of hydrogen-bond donors (Lipinski definition) is 0. The van der Waals surface area contributed by atoms with Crippen LogP contribution in [0.4, 0.5) is 0 Å². The molecule has 0 atom stereocenters. The Bertz CT molecular complexity index is 235. The molecule has 0 heterocycles. The fourth-order valence-corrected chi connectivity index (χ4v) is 0.645. The first-order valence-corrected chi connectivity index (χ1v) is 3.01. The fourth-order valence-electron chi connectivity index (χ4n) is 0.645. The summed E-state index contributed by atoms with van der Waals surface area (Å²) in [5.74, 6) is 0. The second-order valence-corrected chi connectivity index (χ2v) is 1.91. The third-order valence-electron chi connectivity index (χ3n) is 1.12. The topological polar surface area (TPSA) is 52.4 Å². The van der Waals surface area contributed by atoms with Gasteiger partial charge < -0.3 is 4.84 Å². The minimum Gasteiger partial charge on any atom is -0.309 e. The normalized spacial score (nSPS) is 9.09. The molecule has 0 aliphatic rings. The Labute approximate surface area is 63.5 Å². The van der Waals surface area contributed by atoms with Gasteiger partial charge in [0.2, 0.25) is 0 Å². The quantitative estimate of drug-likeness (QED) is 0.483. The van der Waals surface area contributed by atoms with Crippen molar-refractivity contribution in [1.29, 1.82) is 0 Å². The lowest BCUT2D eigenvalue weighted by Crippen LogP contribution is -1.99. The standard InChI is InChI=1S/C7H6NO3/c9-8(10)11-6-7-4-2-1-3-5-7/h2-5H,6H2. The lowest BCUT2D eigenvalue weighted by atomic mass is 10.2. The van der Waals surface area contributed by atoms with Gasteiger partial charge in [0.15, 0.2) is 0 Å². The Morgan fingerprint density at radius 3 is 2.73 bits per heavy atom. The van der Waals surface area contributed by atoms with Crippen molar-refractivity contribution in [2.75, 3.05) is 0 Å². The van der Waals surface area contributed by atoms with E-state index in [1.807, 2.05) is 0 Å². The molecule has 11 heavy (non-hydrogen) atoms. The van der Waals surface area contributed by atoms with Gasteiger partial charge in [0.1, 0.15) is 6.61 Å². The van der Waals surface area contributed by atoms with Crippen LogP contribution in [-0.2, 0) is 11.4 Å². The van der Waals surface area contributed by atoms with E-state index in [1.54, 1.807) is 24.3 Å². The van der Waals surface area contributed by atoms with Gasteiger partial charge >= 0.3 is 0 Å². The summed E-state index contributed by atoms with van der Waals surface area (Å²) in [7, 11) is 0. The van der Waals surface area contributed by atoms with E-state index in [9.17, 15) is 10.1 Å². The Balaban J connectivity index is 2.45. The van der Waals surface area contributed by atoms with Gasteiger partial charge in [-0.2, -0.15) is 0 Å². The summed E-state index contributed by atoms with van der Waals surface area (Å²) in [6.07, 6.45) is 0. The molecule has 0 N–H and O–H groups in total. The van der Waals surface area contributed by atoms with Crippen LogP contribution in [0.1, 0.15) is 5.56 Å². The van der Waals surface area contributed by atoms with Crippen LogP contribution in [0, 0.1) is 16.2 Å². The van der Waals surface area contributed by atoms with E-state index in [2.05, 4.69) is 10.9 Å². The van der Waals surface area contributed by atoms with E-state index >= 15 is 0 Å². The Kier molecular flexibility index (Phi) is 2.43. The summed E-state index contributed by atoms with van der Waals surface area (Å²) in [5, 5.41) is 8.94. The molecule has 1 rings (SSSR count). The lowest BCUT2D eigenvalue weighted by Gasteiger charge is -1.96. The first-order chi connectivity index (χ1) is 5.29. The third-order valence-corrected chi connectivity index (χ3v) is 1.12. The van der Waals surface area contributed by atoms with Gasteiger partial charge in [-0.15, -0.1) is 10.1 Å². The highest BCUT2D eigenvalue weighted by atomic mass is 16.9. The monoisotopic (exact) mass is 152 g/mol. The Hall–Kier alpha value is -1.58. The van der Waals surface area contributed by atoms with Crippen molar-refractivity contribution in [3.63, 3.8) is 0 Å². The van der Waals surface area contributed by atoms with Gasteiger partial charge in [-0.3, -0.25) is 0 Å². The van der Waals surface area contributed by atoms with Gasteiger partial charge in [0, 0.05) is 0 Å². The molecule has 1 aromatic rings. The number of rotatable bonds is 3. The van der Waals surface area contributed by atoms with Crippen LogP contribution in [-0.4, -0.2) is 5.09 Å². The Morgan fingerprint density at radius 1 is 1.55 bits per heavy atom. The maximum Gasteiger partial charge on any atom is 0.294 e. The summed E-state index contributed by atoms with van der Waals surface area (Å²) in [4.78, 5) is 13.9. The van der Waals surface area contributed by atoms with E-state index < -0.39 is 5.09 Å². The second-order valence-electron chi connectivity index (χ2n) is 1.91. The summed E-state index contributed by atoms with van der Waals surface area (Å²) in [5.41, 5.74) is 0.764. The molecule has 4 heteroatoms. The fraction of sp³-hybridized carbons (Fsp3) is 0.143. The van der Waals surface area contributed by atoms with E-state index in [0.717, 1.165) is 5.56 Å². The SMILES string of the molecule is O=[N+]([O-])OCc1cc[c]cc1. The van der Waals surface area contributed by atoms with E-state index in [-0.39, 0.29) is 6.61 Å². The zero-order valence-corrected chi connectivity index (χ0v) is 5.69. The number of nitrogens with zero attached hydrogens (tertiary/aromatic N) is 1. The maximum atomic E-state index is 9.75. The van der Waals surface area contributed by atoms with Crippen molar-refractivity contribution in [2.45, 2.75) is 6.61 Å².